The SMILES string of the molecule is CC(C)c1ccc2cc(-c3ccc(-c4cccc5c4oc4ccccc45)cc3)c3ccccc3c2c1.CCCc1ccc2cc(-c3ccc(-c4cccc5c4oc4ccccc45)cc3)c3ccccc3c2c1.CCc1ccc2cc(-c3ccc(-c4cccc5c4oc4ccccc45)cc3)c3ccccc3c2c1. The van der Waals surface area contributed by atoms with E-state index in [0.717, 1.165) is 118 Å². The highest BCUT2D eigenvalue weighted by Gasteiger charge is 2.19. The number of rotatable bonds is 10. The van der Waals surface area contributed by atoms with Crippen LogP contribution < -0.4 is 0 Å². The van der Waals surface area contributed by atoms with Crippen molar-refractivity contribution in [1.82, 2.24) is 0 Å². The van der Waals surface area contributed by atoms with Gasteiger partial charge in [-0.15, -0.1) is 0 Å². The molecule has 3 nitrogen and oxygen atoms in total. The first-order valence-electron chi connectivity index (χ1n) is 37.6. The molecule has 0 spiro atoms. The minimum atomic E-state index is 0.511. The van der Waals surface area contributed by atoms with Gasteiger partial charge < -0.3 is 13.3 Å². The molecule has 0 aliphatic carbocycles. The molecule has 0 atom stereocenters. The van der Waals surface area contributed by atoms with Crippen LogP contribution >= 0.6 is 0 Å². The lowest BCUT2D eigenvalue weighted by atomic mass is 9.90. The quantitative estimate of drug-likeness (QED) is 0.128. The van der Waals surface area contributed by atoms with Crippen LogP contribution in [0.2, 0.25) is 0 Å². The Kier molecular flexibility index (Phi) is 16.5. The molecule has 107 heavy (non-hydrogen) atoms. The molecule has 0 aliphatic rings. The maximum Gasteiger partial charge on any atom is 0.143 e. The zero-order chi connectivity index (χ0) is 71.6. The van der Waals surface area contributed by atoms with Crippen LogP contribution in [0.25, 0.3) is 197 Å². The van der Waals surface area contributed by atoms with Crippen LogP contribution in [0.4, 0.5) is 0 Å². The van der Waals surface area contributed by atoms with E-state index in [-0.39, 0.29) is 0 Å². The van der Waals surface area contributed by atoms with E-state index in [1.54, 1.807) is 0 Å². The first kappa shape index (κ1) is 64.7. The highest BCUT2D eigenvalue weighted by molar-refractivity contribution is 6.18. The maximum absolute atomic E-state index is 6.29. The van der Waals surface area contributed by atoms with Crippen molar-refractivity contribution in [3.63, 3.8) is 0 Å². The highest BCUT2D eigenvalue weighted by atomic mass is 16.3. The van der Waals surface area contributed by atoms with E-state index in [4.69, 9.17) is 13.3 Å². The van der Waals surface area contributed by atoms with Gasteiger partial charge in [-0.1, -0.05) is 344 Å². The van der Waals surface area contributed by atoms with Gasteiger partial charge in [0.2, 0.25) is 0 Å². The third-order valence-corrected chi connectivity index (χ3v) is 22.1. The Balaban J connectivity index is 0.000000110. The molecule has 0 bridgehead atoms. The summed E-state index contributed by atoms with van der Waals surface area (Å²) >= 11 is 0. The predicted octanol–water partition coefficient (Wildman–Crippen LogP) is 30.3. The summed E-state index contributed by atoms with van der Waals surface area (Å²) in [6.45, 7) is 8.96. The molecule has 0 saturated heterocycles. The lowest BCUT2D eigenvalue weighted by Gasteiger charge is -2.14. The molecule has 0 unspecified atom stereocenters. The van der Waals surface area contributed by atoms with Crippen LogP contribution in [0.3, 0.4) is 0 Å². The summed E-state index contributed by atoms with van der Waals surface area (Å²) in [4.78, 5) is 0. The second-order valence-electron chi connectivity index (χ2n) is 28.8. The molecular weight excluding hydrogens is 1300 g/mol. The molecule has 0 aliphatic heterocycles. The van der Waals surface area contributed by atoms with E-state index in [1.165, 1.54) is 115 Å². The summed E-state index contributed by atoms with van der Waals surface area (Å²) in [6.07, 6.45) is 3.33. The number of hydrogen-bond donors (Lipinski definition) is 0. The van der Waals surface area contributed by atoms with E-state index < -0.39 is 0 Å². The van der Waals surface area contributed by atoms with Crippen LogP contribution in [0, 0.1) is 0 Å². The molecule has 0 radical (unpaired) electrons. The largest absolute Gasteiger partial charge is 0.455 e. The van der Waals surface area contributed by atoms with Crippen molar-refractivity contribution in [3.8, 4) is 66.8 Å². The molecule has 21 rings (SSSR count). The van der Waals surface area contributed by atoms with E-state index in [2.05, 4.69) is 337 Å². The van der Waals surface area contributed by atoms with Gasteiger partial charge in [0.05, 0.1) is 0 Å². The second-order valence-corrected chi connectivity index (χ2v) is 28.8. The molecule has 0 fully saturated rings. The molecule has 0 saturated carbocycles. The lowest BCUT2D eigenvalue weighted by molar-refractivity contribution is 0.669. The van der Waals surface area contributed by atoms with Crippen LogP contribution in [0.5, 0.6) is 0 Å². The smallest absolute Gasteiger partial charge is 0.143 e. The number of benzene rings is 18. The van der Waals surface area contributed by atoms with Crippen molar-refractivity contribution < 1.29 is 13.3 Å². The van der Waals surface area contributed by atoms with Gasteiger partial charge in [-0.2, -0.15) is 0 Å². The molecule has 21 aromatic rings. The van der Waals surface area contributed by atoms with Gasteiger partial charge in [0.1, 0.15) is 33.5 Å². The zero-order valence-corrected chi connectivity index (χ0v) is 60.3. The normalized spacial score (nSPS) is 11.7. The molecule has 3 heterocycles. The Morgan fingerprint density at radius 1 is 0.224 bits per heavy atom. The van der Waals surface area contributed by atoms with Gasteiger partial charge in [-0.05, 0) is 187 Å². The summed E-state index contributed by atoms with van der Waals surface area (Å²) in [5.74, 6) is 0.511. The van der Waals surface area contributed by atoms with Crippen LogP contribution in [-0.2, 0) is 12.8 Å². The maximum atomic E-state index is 6.29. The summed E-state index contributed by atoms with van der Waals surface area (Å²) < 4.78 is 18.8. The molecular formula is C104H76O3. The van der Waals surface area contributed by atoms with E-state index in [1.807, 2.05) is 36.4 Å². The Bertz CT molecular complexity index is 7000. The van der Waals surface area contributed by atoms with Gasteiger partial charge in [0.15, 0.2) is 0 Å². The number of furan rings is 3. The molecule has 510 valence electrons. The van der Waals surface area contributed by atoms with Crippen molar-refractivity contribution in [2.24, 2.45) is 0 Å². The van der Waals surface area contributed by atoms with E-state index in [0.29, 0.717) is 5.92 Å². The number of para-hydroxylation sites is 6. The van der Waals surface area contributed by atoms with Crippen LogP contribution in [0.1, 0.15) is 56.7 Å². The van der Waals surface area contributed by atoms with Gasteiger partial charge >= 0.3 is 0 Å². The highest BCUT2D eigenvalue weighted by Crippen LogP contribution is 2.44. The number of aryl methyl sites for hydroxylation is 2. The van der Waals surface area contributed by atoms with Crippen LogP contribution in [0.15, 0.2) is 359 Å². The van der Waals surface area contributed by atoms with Crippen molar-refractivity contribution >= 4 is 130 Å². The lowest BCUT2D eigenvalue weighted by Crippen LogP contribution is -1.89. The molecule has 0 N–H and O–H groups in total. The van der Waals surface area contributed by atoms with E-state index in [9.17, 15) is 0 Å². The van der Waals surface area contributed by atoms with Gasteiger partial charge in [0, 0.05) is 49.0 Å². The van der Waals surface area contributed by atoms with Gasteiger partial charge in [-0.25, -0.2) is 0 Å². The Morgan fingerprint density at radius 2 is 0.514 bits per heavy atom. The van der Waals surface area contributed by atoms with Gasteiger partial charge in [0.25, 0.3) is 0 Å². The summed E-state index contributed by atoms with van der Waals surface area (Å²) in [5.41, 5.74) is 24.2. The topological polar surface area (TPSA) is 39.4 Å². The summed E-state index contributed by atoms with van der Waals surface area (Å²) in [6, 6.07) is 125. The van der Waals surface area contributed by atoms with E-state index >= 15 is 0 Å². The first-order chi connectivity index (χ1) is 52.8. The Hall–Kier alpha value is -13.1. The standard InChI is InChI=1S/2C35H26O.C34H24O/c1-22(2)25-18-19-26-21-32(28-8-3-4-9-29(28)33(26)20-25)24-16-14-23(15-17-24)27-11-7-12-31-30-10-5-6-13-34(30)36-35(27)31;1-2-8-23-15-16-26-22-33(29-10-4-3-9-28(29)32(26)21-23)25-19-17-24(18-20-25)27-12-7-13-31-30-11-5-6-14-34(30)36-35(27)31;1-2-22-14-15-25-21-32(28-9-4-3-8-27(28)31(25)20-22)24-18-16-23(17-19-24)26-11-7-12-30-29-10-5-6-13-33(29)35-34(26)30/h3-22H,1-2H3;3-7,9-22H,2,8H2,1H3;3-21H,2H2,1H3. The molecule has 18 aromatic carbocycles. The fourth-order valence-corrected chi connectivity index (χ4v) is 16.6. The molecule has 3 aromatic heterocycles. The Morgan fingerprint density at radius 3 is 0.860 bits per heavy atom. The summed E-state index contributed by atoms with van der Waals surface area (Å²) in [5, 5.41) is 22.6. The molecule has 0 amide bonds. The minimum Gasteiger partial charge on any atom is -0.455 e. The number of fused-ring (bicyclic) bond motifs is 18. The molecule has 3 heteroatoms. The second kappa shape index (κ2) is 27.2. The van der Waals surface area contributed by atoms with Crippen LogP contribution in [-0.4, -0.2) is 0 Å². The third-order valence-electron chi connectivity index (χ3n) is 22.1. The van der Waals surface area contributed by atoms with Crippen molar-refractivity contribution in [1.29, 1.82) is 0 Å². The average molecular weight is 1370 g/mol. The fraction of sp³-hybridized carbons (Fsp3) is 0.0769. The third kappa shape index (κ3) is 11.6. The van der Waals surface area contributed by atoms with Crippen molar-refractivity contribution in [2.75, 3.05) is 0 Å². The number of hydrogen-bond acceptors (Lipinski definition) is 3. The average Bonchev–Trinajstić information content (AvgIpc) is 1.64. The van der Waals surface area contributed by atoms with Crippen molar-refractivity contribution in [2.45, 2.75) is 52.9 Å². The first-order valence-corrected chi connectivity index (χ1v) is 37.6. The van der Waals surface area contributed by atoms with Gasteiger partial charge in [-0.3, -0.25) is 0 Å². The zero-order valence-electron chi connectivity index (χ0n) is 60.3. The monoisotopic (exact) mass is 1370 g/mol. The fourth-order valence-electron chi connectivity index (χ4n) is 16.6. The predicted molar refractivity (Wildman–Crippen MR) is 456 cm³/mol. The minimum absolute atomic E-state index is 0.511. The Labute approximate surface area is 621 Å². The van der Waals surface area contributed by atoms with Crippen molar-refractivity contribution in [3.05, 3.63) is 362 Å². The summed E-state index contributed by atoms with van der Waals surface area (Å²) in [7, 11) is 0.